The van der Waals surface area contributed by atoms with E-state index in [9.17, 15) is 4.79 Å². The van der Waals surface area contributed by atoms with E-state index in [0.717, 1.165) is 23.0 Å². The van der Waals surface area contributed by atoms with Crippen molar-refractivity contribution < 1.29 is 4.79 Å². The number of nitrogens with zero attached hydrogens (tertiary/aromatic N) is 1. The van der Waals surface area contributed by atoms with E-state index in [4.69, 9.17) is 0 Å². The Hall–Kier alpha value is -0.620. The zero-order valence-electron chi connectivity index (χ0n) is 12.7. The summed E-state index contributed by atoms with van der Waals surface area (Å²) < 4.78 is 0.918. The predicted molar refractivity (Wildman–Crippen MR) is 95.6 cm³/mol. The molecule has 3 rings (SSSR count). The second-order valence-corrected chi connectivity index (χ2v) is 7.06. The van der Waals surface area contributed by atoms with E-state index < -0.39 is 0 Å². The Morgan fingerprint density at radius 3 is 2.59 bits per heavy atom. The number of para-hydroxylation sites is 1. The fourth-order valence-electron chi connectivity index (χ4n) is 3.50. The number of hydrogen-bond donors (Lipinski definition) is 2. The highest BCUT2D eigenvalue weighted by molar-refractivity contribution is 9.10. The van der Waals surface area contributed by atoms with Gasteiger partial charge >= 0.3 is 0 Å². The Balaban J connectivity index is 0.00000176. The fourth-order valence-corrected chi connectivity index (χ4v) is 3.88. The number of fused-ring (bicyclic) bond motifs is 2. The summed E-state index contributed by atoms with van der Waals surface area (Å²) in [7, 11) is 2.06. The highest BCUT2D eigenvalue weighted by Gasteiger charge is 2.35. The molecular weight excluding hydrogens is 366 g/mol. The molecule has 2 bridgehead atoms. The summed E-state index contributed by atoms with van der Waals surface area (Å²) in [5, 5.41) is 6.62. The lowest BCUT2D eigenvalue weighted by Crippen LogP contribution is -2.48. The SMILES string of the molecule is CN(CC(=O)Nc1ccccc1Br)C1CC2CCC(C1)N2.Cl. The van der Waals surface area contributed by atoms with Gasteiger partial charge in [-0.2, -0.15) is 0 Å². The Labute approximate surface area is 146 Å². The second-order valence-electron chi connectivity index (χ2n) is 6.21. The number of rotatable bonds is 4. The number of halogens is 2. The Kier molecular flexibility index (Phi) is 6.26. The summed E-state index contributed by atoms with van der Waals surface area (Å²) in [4.78, 5) is 14.4. The zero-order chi connectivity index (χ0) is 14.8. The molecular formula is C16H23BrClN3O. The molecule has 0 spiro atoms. The molecule has 22 heavy (non-hydrogen) atoms. The first-order valence-corrected chi connectivity index (χ1v) is 8.42. The number of anilines is 1. The molecule has 2 aliphatic heterocycles. The molecule has 2 saturated heterocycles. The van der Waals surface area contributed by atoms with Crippen molar-refractivity contribution in [2.24, 2.45) is 0 Å². The smallest absolute Gasteiger partial charge is 0.238 e. The van der Waals surface area contributed by atoms with Crippen LogP contribution in [-0.2, 0) is 4.79 Å². The number of piperidine rings is 1. The molecule has 2 fully saturated rings. The van der Waals surface area contributed by atoms with Crippen LogP contribution in [0.1, 0.15) is 25.7 Å². The molecule has 4 nitrogen and oxygen atoms in total. The molecule has 2 heterocycles. The summed E-state index contributed by atoms with van der Waals surface area (Å²) >= 11 is 3.45. The van der Waals surface area contributed by atoms with Gasteiger partial charge in [-0.3, -0.25) is 9.69 Å². The monoisotopic (exact) mass is 387 g/mol. The molecule has 6 heteroatoms. The summed E-state index contributed by atoms with van der Waals surface area (Å²) in [5.41, 5.74) is 0.835. The van der Waals surface area contributed by atoms with Gasteiger partial charge in [0.05, 0.1) is 12.2 Å². The normalized spacial score (nSPS) is 26.6. The molecule has 2 unspecified atom stereocenters. The maximum atomic E-state index is 12.2. The van der Waals surface area contributed by atoms with Crippen LogP contribution in [0.4, 0.5) is 5.69 Å². The first-order valence-electron chi connectivity index (χ1n) is 7.62. The average molecular weight is 389 g/mol. The Morgan fingerprint density at radius 2 is 1.95 bits per heavy atom. The van der Waals surface area contributed by atoms with Crippen LogP contribution in [0.3, 0.4) is 0 Å². The van der Waals surface area contributed by atoms with Crippen molar-refractivity contribution in [1.29, 1.82) is 0 Å². The van der Waals surface area contributed by atoms with Gasteiger partial charge in [-0.05, 0) is 60.8 Å². The minimum Gasteiger partial charge on any atom is -0.324 e. The van der Waals surface area contributed by atoms with Gasteiger partial charge in [0.1, 0.15) is 0 Å². The topological polar surface area (TPSA) is 44.4 Å². The molecule has 2 aliphatic rings. The third kappa shape index (κ3) is 4.22. The lowest BCUT2D eigenvalue weighted by atomic mass is 9.98. The molecule has 0 aliphatic carbocycles. The predicted octanol–water partition coefficient (Wildman–Crippen LogP) is 3.02. The number of carbonyl (C=O) groups excluding carboxylic acids is 1. The van der Waals surface area contributed by atoms with Crippen molar-refractivity contribution in [3.63, 3.8) is 0 Å². The standard InChI is InChI=1S/C16H22BrN3O.ClH/c1-20(13-8-11-6-7-12(9-13)18-11)10-16(21)19-15-5-3-2-4-14(15)17;/h2-5,11-13,18H,6-10H2,1H3,(H,19,21);1H. The zero-order valence-corrected chi connectivity index (χ0v) is 15.1. The summed E-state index contributed by atoms with van der Waals surface area (Å²) in [6.07, 6.45) is 4.90. The maximum Gasteiger partial charge on any atom is 0.238 e. The highest BCUT2D eigenvalue weighted by atomic mass is 79.9. The molecule has 0 saturated carbocycles. The van der Waals surface area contributed by atoms with Crippen molar-refractivity contribution >= 4 is 39.9 Å². The van der Waals surface area contributed by atoms with Gasteiger partial charge < -0.3 is 10.6 Å². The quantitative estimate of drug-likeness (QED) is 0.833. The van der Waals surface area contributed by atoms with E-state index in [2.05, 4.69) is 38.5 Å². The van der Waals surface area contributed by atoms with Crippen LogP contribution in [0.2, 0.25) is 0 Å². The lowest BCUT2D eigenvalue weighted by Gasteiger charge is -2.35. The number of amides is 1. The van der Waals surface area contributed by atoms with Crippen molar-refractivity contribution in [2.75, 3.05) is 18.9 Å². The van der Waals surface area contributed by atoms with Gasteiger partial charge in [0.2, 0.25) is 5.91 Å². The molecule has 0 radical (unpaired) electrons. The lowest BCUT2D eigenvalue weighted by molar-refractivity contribution is -0.117. The number of hydrogen-bond acceptors (Lipinski definition) is 3. The summed E-state index contributed by atoms with van der Waals surface area (Å²) in [6, 6.07) is 9.54. The maximum absolute atomic E-state index is 12.2. The van der Waals surface area contributed by atoms with Crippen LogP contribution in [0.25, 0.3) is 0 Å². The minimum absolute atomic E-state index is 0. The van der Waals surface area contributed by atoms with Gasteiger partial charge in [0, 0.05) is 22.6 Å². The van der Waals surface area contributed by atoms with Crippen molar-refractivity contribution in [3.8, 4) is 0 Å². The second kappa shape index (κ2) is 7.77. The van der Waals surface area contributed by atoms with Gasteiger partial charge in [-0.15, -0.1) is 12.4 Å². The number of likely N-dealkylation sites (N-methyl/N-ethyl adjacent to an activating group) is 1. The fraction of sp³-hybridized carbons (Fsp3) is 0.562. The van der Waals surface area contributed by atoms with E-state index in [1.807, 2.05) is 24.3 Å². The van der Waals surface area contributed by atoms with Crippen LogP contribution >= 0.6 is 28.3 Å². The first-order chi connectivity index (χ1) is 10.1. The number of nitrogens with one attached hydrogen (secondary N) is 2. The van der Waals surface area contributed by atoms with Crippen molar-refractivity contribution in [3.05, 3.63) is 28.7 Å². The highest BCUT2D eigenvalue weighted by Crippen LogP contribution is 2.29. The van der Waals surface area contributed by atoms with Gasteiger partial charge in [-0.1, -0.05) is 12.1 Å². The van der Waals surface area contributed by atoms with E-state index in [1.165, 1.54) is 12.8 Å². The van der Waals surface area contributed by atoms with Gasteiger partial charge in [0.15, 0.2) is 0 Å². The van der Waals surface area contributed by atoms with E-state index in [-0.39, 0.29) is 18.3 Å². The third-order valence-electron chi connectivity index (χ3n) is 4.61. The van der Waals surface area contributed by atoms with Crippen LogP contribution in [-0.4, -0.2) is 42.5 Å². The van der Waals surface area contributed by atoms with Gasteiger partial charge in [0.25, 0.3) is 0 Å². The Bertz CT molecular complexity index is 516. The van der Waals surface area contributed by atoms with Crippen LogP contribution in [0.15, 0.2) is 28.7 Å². The van der Waals surface area contributed by atoms with Crippen LogP contribution < -0.4 is 10.6 Å². The molecule has 0 aromatic heterocycles. The molecule has 2 atom stereocenters. The first kappa shape index (κ1) is 17.7. The van der Waals surface area contributed by atoms with Crippen molar-refractivity contribution in [1.82, 2.24) is 10.2 Å². The largest absolute Gasteiger partial charge is 0.324 e. The molecule has 1 amide bonds. The third-order valence-corrected chi connectivity index (χ3v) is 5.30. The summed E-state index contributed by atoms with van der Waals surface area (Å²) in [6.45, 7) is 0.450. The van der Waals surface area contributed by atoms with E-state index in [0.29, 0.717) is 24.7 Å². The number of benzene rings is 1. The van der Waals surface area contributed by atoms with Crippen LogP contribution in [0, 0.1) is 0 Å². The van der Waals surface area contributed by atoms with E-state index >= 15 is 0 Å². The molecule has 2 N–H and O–H groups in total. The number of carbonyl (C=O) groups is 1. The Morgan fingerprint density at radius 1 is 1.32 bits per heavy atom. The molecule has 122 valence electrons. The van der Waals surface area contributed by atoms with Crippen LogP contribution in [0.5, 0.6) is 0 Å². The molecule has 1 aromatic carbocycles. The summed E-state index contributed by atoms with van der Waals surface area (Å²) in [5.74, 6) is 0.0512. The average Bonchev–Trinajstić information content (AvgIpc) is 2.80. The molecule has 1 aromatic rings. The van der Waals surface area contributed by atoms with E-state index in [1.54, 1.807) is 0 Å². The van der Waals surface area contributed by atoms with Crippen molar-refractivity contribution in [2.45, 2.75) is 43.8 Å². The minimum atomic E-state index is 0. The van der Waals surface area contributed by atoms with Gasteiger partial charge in [-0.25, -0.2) is 0 Å².